The number of carbonyl (C=O) groups is 1. The summed E-state index contributed by atoms with van der Waals surface area (Å²) in [6, 6.07) is 7.12. The highest BCUT2D eigenvalue weighted by atomic mass is 35.5. The molecule has 4 rings (SSSR count). The topological polar surface area (TPSA) is 87.0 Å². The van der Waals surface area contributed by atoms with Gasteiger partial charge in [-0.1, -0.05) is 29.8 Å². The number of nitrogens with zero attached hydrogens (tertiary/aromatic N) is 4. The Hall–Kier alpha value is -2.29. The van der Waals surface area contributed by atoms with Crippen molar-refractivity contribution in [2.75, 3.05) is 6.61 Å². The third kappa shape index (κ3) is 3.47. The van der Waals surface area contributed by atoms with Crippen LogP contribution in [0, 0.1) is 6.92 Å². The quantitative estimate of drug-likeness (QED) is 0.684. The minimum atomic E-state index is -0.670. The zero-order valence-electron chi connectivity index (χ0n) is 14.6. The van der Waals surface area contributed by atoms with Crippen molar-refractivity contribution >= 4 is 29.5 Å². The van der Waals surface area contributed by atoms with Gasteiger partial charge in [-0.3, -0.25) is 9.89 Å². The lowest BCUT2D eigenvalue weighted by atomic mass is 9.98. The van der Waals surface area contributed by atoms with Crippen LogP contribution in [0.3, 0.4) is 0 Å². The van der Waals surface area contributed by atoms with E-state index in [1.165, 1.54) is 11.9 Å². The monoisotopic (exact) mass is 403 g/mol. The van der Waals surface area contributed by atoms with E-state index in [1.54, 1.807) is 33.4 Å². The lowest BCUT2D eigenvalue weighted by molar-refractivity contribution is -0.134. The van der Waals surface area contributed by atoms with Gasteiger partial charge in [0.05, 0.1) is 31.0 Å². The van der Waals surface area contributed by atoms with Crippen LogP contribution >= 0.6 is 23.5 Å². The van der Waals surface area contributed by atoms with E-state index >= 15 is 0 Å². The van der Waals surface area contributed by atoms with Crippen molar-refractivity contribution < 1.29 is 9.90 Å². The maximum Gasteiger partial charge on any atom is 0.233 e. The molecule has 140 valence electrons. The van der Waals surface area contributed by atoms with Gasteiger partial charge in [-0.15, -0.1) is 0 Å². The van der Waals surface area contributed by atoms with E-state index in [0.717, 1.165) is 21.8 Å². The van der Waals surface area contributed by atoms with Crippen LogP contribution in [0.4, 0.5) is 0 Å². The van der Waals surface area contributed by atoms with Crippen LogP contribution in [0.15, 0.2) is 41.7 Å². The Morgan fingerprint density at radius 1 is 1.41 bits per heavy atom. The van der Waals surface area contributed by atoms with Crippen molar-refractivity contribution in [3.8, 4) is 0 Å². The first-order valence-corrected chi connectivity index (χ1v) is 9.61. The number of amides is 1. The first kappa shape index (κ1) is 18.1. The molecule has 0 bridgehead atoms. The number of benzene rings is 1. The Morgan fingerprint density at radius 2 is 2.22 bits per heavy atom. The second-order valence-electron chi connectivity index (χ2n) is 6.43. The number of aliphatic hydroxyl groups is 1. The number of aromatic amines is 1. The molecule has 1 aromatic carbocycles. The molecule has 0 radical (unpaired) electrons. The number of halogens is 1. The van der Waals surface area contributed by atoms with Crippen molar-refractivity contribution in [1.82, 2.24) is 24.3 Å². The number of nitrogens with one attached hydrogen (secondary N) is 1. The molecule has 0 spiro atoms. The fraction of sp³-hybridized carbons (Fsp3) is 0.278. The fourth-order valence-electron chi connectivity index (χ4n) is 3.14. The predicted molar refractivity (Wildman–Crippen MR) is 102 cm³/mol. The van der Waals surface area contributed by atoms with E-state index in [1.807, 2.05) is 19.2 Å². The number of carbonyl (C=O) groups excluding carboxylic acids is 1. The van der Waals surface area contributed by atoms with Gasteiger partial charge in [-0.2, -0.15) is 10.2 Å². The van der Waals surface area contributed by atoms with Crippen molar-refractivity contribution in [3.63, 3.8) is 0 Å². The SMILES string of the molecule is Cc1cn[nH]c1Sn1cc2c(n1)CN(C(=O)C(CO)c1ccccc1Cl)C2. The summed E-state index contributed by atoms with van der Waals surface area (Å²) < 4.78 is 1.78. The number of aryl methyl sites for hydroxylation is 1. The molecule has 3 aromatic rings. The normalized spacial score (nSPS) is 14.4. The van der Waals surface area contributed by atoms with Crippen molar-refractivity contribution in [1.29, 1.82) is 0 Å². The van der Waals surface area contributed by atoms with Crippen LogP contribution in [0.2, 0.25) is 5.02 Å². The minimum absolute atomic E-state index is 0.146. The van der Waals surface area contributed by atoms with E-state index in [2.05, 4.69) is 15.3 Å². The van der Waals surface area contributed by atoms with Gasteiger partial charge in [0.15, 0.2) is 0 Å². The first-order valence-electron chi connectivity index (χ1n) is 8.46. The number of hydrogen-bond donors (Lipinski definition) is 2. The van der Waals surface area contributed by atoms with Crippen LogP contribution in [-0.4, -0.2) is 41.9 Å². The number of fused-ring (bicyclic) bond motifs is 1. The molecule has 1 unspecified atom stereocenters. The molecular formula is C18H18ClN5O2S. The second-order valence-corrected chi connectivity index (χ2v) is 7.80. The fourth-order valence-corrected chi connectivity index (χ4v) is 4.20. The molecule has 3 heterocycles. The van der Waals surface area contributed by atoms with E-state index < -0.39 is 5.92 Å². The molecule has 9 heteroatoms. The van der Waals surface area contributed by atoms with Gasteiger partial charge in [0, 0.05) is 40.8 Å². The molecule has 1 amide bonds. The second kappa shape index (κ2) is 7.38. The summed E-state index contributed by atoms with van der Waals surface area (Å²) >= 11 is 7.66. The summed E-state index contributed by atoms with van der Waals surface area (Å²) in [5.41, 5.74) is 3.57. The molecular weight excluding hydrogens is 386 g/mol. The van der Waals surface area contributed by atoms with Crippen LogP contribution in [-0.2, 0) is 17.9 Å². The highest BCUT2D eigenvalue weighted by molar-refractivity contribution is 7.97. The van der Waals surface area contributed by atoms with Crippen molar-refractivity contribution in [3.05, 3.63) is 64.1 Å². The van der Waals surface area contributed by atoms with E-state index in [-0.39, 0.29) is 12.5 Å². The van der Waals surface area contributed by atoms with Gasteiger partial charge in [0.1, 0.15) is 5.03 Å². The van der Waals surface area contributed by atoms with Gasteiger partial charge in [-0.25, -0.2) is 4.09 Å². The third-order valence-corrected chi connectivity index (χ3v) is 5.91. The molecule has 0 saturated heterocycles. The summed E-state index contributed by atoms with van der Waals surface area (Å²) in [7, 11) is 0. The smallest absolute Gasteiger partial charge is 0.233 e. The molecule has 2 N–H and O–H groups in total. The van der Waals surface area contributed by atoms with Crippen molar-refractivity contribution in [2.24, 2.45) is 0 Å². The molecule has 1 atom stereocenters. The lowest BCUT2D eigenvalue weighted by Crippen LogP contribution is -2.33. The number of H-pyrrole nitrogens is 1. The van der Waals surface area contributed by atoms with E-state index in [9.17, 15) is 9.90 Å². The lowest BCUT2D eigenvalue weighted by Gasteiger charge is -2.22. The predicted octanol–water partition coefficient (Wildman–Crippen LogP) is 2.74. The van der Waals surface area contributed by atoms with Gasteiger partial charge in [0.25, 0.3) is 0 Å². The van der Waals surface area contributed by atoms with E-state index in [4.69, 9.17) is 11.6 Å². The first-order chi connectivity index (χ1) is 13.1. The molecule has 2 aromatic heterocycles. The maximum absolute atomic E-state index is 12.9. The van der Waals surface area contributed by atoms with Crippen LogP contribution in [0.25, 0.3) is 0 Å². The minimum Gasteiger partial charge on any atom is -0.395 e. The highest BCUT2D eigenvalue weighted by Crippen LogP contribution is 2.31. The Bertz CT molecular complexity index is 962. The largest absolute Gasteiger partial charge is 0.395 e. The number of aliphatic hydroxyl groups excluding tert-OH is 1. The summed E-state index contributed by atoms with van der Waals surface area (Å²) in [6.45, 7) is 2.58. The molecule has 0 fully saturated rings. The van der Waals surface area contributed by atoms with E-state index in [0.29, 0.717) is 23.7 Å². The number of hydrogen-bond acceptors (Lipinski definition) is 5. The zero-order chi connectivity index (χ0) is 19.0. The Kier molecular flexibility index (Phi) is 4.94. The van der Waals surface area contributed by atoms with Gasteiger partial charge in [-0.05, 0) is 18.6 Å². The summed E-state index contributed by atoms with van der Waals surface area (Å²) in [6.07, 6.45) is 3.70. The maximum atomic E-state index is 12.9. The molecule has 0 aliphatic carbocycles. The summed E-state index contributed by atoms with van der Waals surface area (Å²) in [5.74, 6) is -0.816. The average molecular weight is 404 g/mol. The highest BCUT2D eigenvalue weighted by Gasteiger charge is 2.32. The average Bonchev–Trinajstić information content (AvgIpc) is 3.33. The van der Waals surface area contributed by atoms with Gasteiger partial charge < -0.3 is 10.0 Å². The summed E-state index contributed by atoms with van der Waals surface area (Å²) in [5, 5.41) is 22.7. The summed E-state index contributed by atoms with van der Waals surface area (Å²) in [4.78, 5) is 14.6. The van der Waals surface area contributed by atoms with Crippen molar-refractivity contribution in [2.45, 2.75) is 31.0 Å². The number of rotatable bonds is 5. The third-order valence-electron chi connectivity index (χ3n) is 4.60. The Balaban J connectivity index is 1.48. The Morgan fingerprint density at radius 3 is 2.89 bits per heavy atom. The molecule has 27 heavy (non-hydrogen) atoms. The zero-order valence-corrected chi connectivity index (χ0v) is 16.2. The number of aromatic nitrogens is 4. The molecule has 1 aliphatic heterocycles. The van der Waals surface area contributed by atoms with Crippen LogP contribution in [0.1, 0.15) is 28.3 Å². The van der Waals surface area contributed by atoms with Gasteiger partial charge in [0.2, 0.25) is 5.91 Å². The molecule has 1 aliphatic rings. The van der Waals surface area contributed by atoms with Crippen LogP contribution in [0.5, 0.6) is 0 Å². The standard InChI is InChI=1S/C18H18ClN5O2S/c1-11-6-20-21-17(11)27-24-8-12-7-23(9-16(12)22-24)18(26)14(10-25)13-4-2-3-5-15(13)19/h2-6,8,14,25H,7,9-10H2,1H3,(H,20,21). The van der Waals surface area contributed by atoms with Gasteiger partial charge >= 0.3 is 0 Å². The molecule has 7 nitrogen and oxygen atoms in total. The molecule has 0 saturated carbocycles. The van der Waals surface area contributed by atoms with Crippen LogP contribution < -0.4 is 0 Å². The Labute approximate surface area is 165 Å².